The van der Waals surface area contributed by atoms with E-state index >= 15 is 0 Å². The normalized spacial score (nSPS) is 12.9. The number of amides is 2. The fourth-order valence-corrected chi connectivity index (χ4v) is 4.31. The third kappa shape index (κ3) is 9.45. The Bertz CT molecular complexity index is 1610. The van der Waals surface area contributed by atoms with Crippen molar-refractivity contribution in [3.8, 4) is 0 Å². The molecule has 0 aliphatic carbocycles. The lowest BCUT2D eigenvalue weighted by atomic mass is 9.77. The number of carbonyl (C=O) groups is 2. The largest absolute Gasteiger partial charge is 0.494 e. The Hall–Kier alpha value is -4.10. The SMILES string of the molecule is Cc1ccc2oc(NC(=O)OC(C)(C)CCC(C)OB(OC(C)C)c3ccc4oc(NC(=O)OC(C)(C)C)nc4c3)nc2c1. The van der Waals surface area contributed by atoms with Crippen LogP contribution < -0.4 is 16.1 Å². The van der Waals surface area contributed by atoms with Gasteiger partial charge < -0.3 is 27.6 Å². The van der Waals surface area contributed by atoms with Gasteiger partial charge >= 0.3 is 31.3 Å². The molecular weight excluding hydrogens is 567 g/mol. The van der Waals surface area contributed by atoms with Crippen molar-refractivity contribution in [2.75, 3.05) is 10.6 Å². The summed E-state index contributed by atoms with van der Waals surface area (Å²) in [5.41, 5.74) is 2.57. The van der Waals surface area contributed by atoms with Crippen LogP contribution in [-0.4, -0.2) is 52.7 Å². The molecule has 44 heavy (non-hydrogen) atoms. The van der Waals surface area contributed by atoms with Gasteiger partial charge in [-0.1, -0.05) is 12.1 Å². The van der Waals surface area contributed by atoms with Crippen LogP contribution in [0.25, 0.3) is 22.2 Å². The highest BCUT2D eigenvalue weighted by Crippen LogP contribution is 2.24. The van der Waals surface area contributed by atoms with Gasteiger partial charge in [-0.15, -0.1) is 0 Å². The summed E-state index contributed by atoms with van der Waals surface area (Å²) in [5.74, 6) is 0. The first-order chi connectivity index (χ1) is 20.5. The number of hydrogen-bond donors (Lipinski definition) is 2. The Balaban J connectivity index is 1.34. The van der Waals surface area contributed by atoms with E-state index < -0.39 is 30.5 Å². The summed E-state index contributed by atoms with van der Waals surface area (Å²) in [6.45, 7) is 16.7. The van der Waals surface area contributed by atoms with Crippen molar-refractivity contribution in [1.29, 1.82) is 0 Å². The molecule has 0 saturated carbocycles. The zero-order chi connectivity index (χ0) is 32.2. The van der Waals surface area contributed by atoms with Crippen molar-refractivity contribution >= 4 is 59.0 Å². The van der Waals surface area contributed by atoms with Crippen LogP contribution in [0.4, 0.5) is 21.6 Å². The number of carbonyl (C=O) groups excluding carboxylic acids is 2. The molecule has 2 heterocycles. The molecule has 4 aromatic rings. The Morgan fingerprint density at radius 3 is 2.00 bits per heavy atom. The second-order valence-electron chi connectivity index (χ2n) is 12.6. The minimum Gasteiger partial charge on any atom is -0.443 e. The Morgan fingerprint density at radius 2 is 1.41 bits per heavy atom. The molecule has 2 aromatic carbocycles. The van der Waals surface area contributed by atoms with Crippen LogP contribution in [0.1, 0.15) is 73.8 Å². The lowest BCUT2D eigenvalue weighted by molar-refractivity contribution is 0.0291. The van der Waals surface area contributed by atoms with Gasteiger partial charge in [-0.05, 0) is 110 Å². The quantitative estimate of drug-likeness (QED) is 0.171. The maximum Gasteiger partial charge on any atom is 0.494 e. The minimum atomic E-state index is -0.796. The number of anilines is 2. The summed E-state index contributed by atoms with van der Waals surface area (Å²) >= 11 is 0. The smallest absolute Gasteiger partial charge is 0.443 e. The predicted molar refractivity (Wildman–Crippen MR) is 168 cm³/mol. The van der Waals surface area contributed by atoms with Crippen LogP contribution in [0.2, 0.25) is 0 Å². The number of nitrogens with zero attached hydrogens (tertiary/aromatic N) is 2. The van der Waals surface area contributed by atoms with E-state index in [1.807, 2.05) is 59.7 Å². The number of benzene rings is 2. The summed E-state index contributed by atoms with van der Waals surface area (Å²) in [6, 6.07) is 11.1. The number of ether oxygens (including phenoxy) is 2. The predicted octanol–water partition coefficient (Wildman–Crippen LogP) is 6.96. The second-order valence-corrected chi connectivity index (χ2v) is 12.6. The summed E-state index contributed by atoms with van der Waals surface area (Å²) in [5, 5.41) is 5.09. The number of nitrogens with one attached hydrogen (secondary N) is 2. The fourth-order valence-electron chi connectivity index (χ4n) is 4.31. The maximum atomic E-state index is 12.6. The highest BCUT2D eigenvalue weighted by atomic mass is 16.6. The molecule has 0 radical (unpaired) electrons. The molecule has 2 amide bonds. The number of hydrogen-bond acceptors (Lipinski definition) is 10. The van der Waals surface area contributed by atoms with Crippen molar-refractivity contribution in [2.45, 2.75) is 98.6 Å². The molecule has 13 heteroatoms. The topological polar surface area (TPSA) is 147 Å². The molecule has 0 aliphatic heterocycles. The first-order valence-corrected chi connectivity index (χ1v) is 14.6. The third-order valence-corrected chi connectivity index (χ3v) is 6.32. The van der Waals surface area contributed by atoms with Crippen LogP contribution in [0.5, 0.6) is 0 Å². The van der Waals surface area contributed by atoms with Gasteiger partial charge in [0.25, 0.3) is 0 Å². The molecule has 4 rings (SSSR count). The average Bonchev–Trinajstić information content (AvgIpc) is 3.46. The Morgan fingerprint density at radius 1 is 0.841 bits per heavy atom. The average molecular weight is 609 g/mol. The highest BCUT2D eigenvalue weighted by molar-refractivity contribution is 6.61. The molecule has 12 nitrogen and oxygen atoms in total. The van der Waals surface area contributed by atoms with E-state index in [-0.39, 0.29) is 24.2 Å². The zero-order valence-corrected chi connectivity index (χ0v) is 26.8. The Kier molecular flexibility index (Phi) is 9.89. The summed E-state index contributed by atoms with van der Waals surface area (Å²) < 4.78 is 34.6. The highest BCUT2D eigenvalue weighted by Gasteiger charge is 2.29. The number of rotatable bonds is 11. The molecule has 2 N–H and O–H groups in total. The van der Waals surface area contributed by atoms with Crippen LogP contribution in [0, 0.1) is 6.92 Å². The lowest BCUT2D eigenvalue weighted by Crippen LogP contribution is -2.41. The van der Waals surface area contributed by atoms with Crippen LogP contribution in [-0.2, 0) is 18.8 Å². The van der Waals surface area contributed by atoms with E-state index in [4.69, 9.17) is 27.6 Å². The van der Waals surface area contributed by atoms with Gasteiger partial charge in [0, 0.05) is 12.2 Å². The summed E-state index contributed by atoms with van der Waals surface area (Å²) in [6.07, 6.45) is -0.588. The van der Waals surface area contributed by atoms with Gasteiger partial charge in [-0.2, -0.15) is 9.97 Å². The van der Waals surface area contributed by atoms with Gasteiger partial charge in [0.15, 0.2) is 11.2 Å². The van der Waals surface area contributed by atoms with E-state index in [0.717, 1.165) is 11.0 Å². The monoisotopic (exact) mass is 608 g/mol. The van der Waals surface area contributed by atoms with Gasteiger partial charge in [0.1, 0.15) is 22.2 Å². The first kappa shape index (κ1) is 32.8. The minimum absolute atomic E-state index is 0.0273. The van der Waals surface area contributed by atoms with E-state index in [1.165, 1.54) is 0 Å². The first-order valence-electron chi connectivity index (χ1n) is 14.6. The second kappa shape index (κ2) is 13.3. The summed E-state index contributed by atoms with van der Waals surface area (Å²) in [7, 11) is -0.691. The molecule has 0 bridgehead atoms. The lowest BCUT2D eigenvalue weighted by Gasteiger charge is -2.27. The van der Waals surface area contributed by atoms with Gasteiger partial charge in [-0.25, -0.2) is 20.2 Å². The zero-order valence-electron chi connectivity index (χ0n) is 26.8. The number of oxazole rings is 2. The maximum absolute atomic E-state index is 12.6. The Labute approximate surface area is 257 Å². The van der Waals surface area contributed by atoms with Gasteiger partial charge in [0.2, 0.25) is 0 Å². The van der Waals surface area contributed by atoms with Crippen molar-refractivity contribution in [3.63, 3.8) is 0 Å². The molecule has 0 fully saturated rings. The number of fused-ring (bicyclic) bond motifs is 2. The van der Waals surface area contributed by atoms with Gasteiger partial charge in [0.05, 0.1) is 0 Å². The molecule has 2 aromatic heterocycles. The van der Waals surface area contributed by atoms with E-state index in [1.54, 1.807) is 39.0 Å². The van der Waals surface area contributed by atoms with Crippen LogP contribution >= 0.6 is 0 Å². The summed E-state index contributed by atoms with van der Waals surface area (Å²) in [4.78, 5) is 33.4. The third-order valence-electron chi connectivity index (χ3n) is 6.32. The van der Waals surface area contributed by atoms with Crippen molar-refractivity contribution in [3.05, 3.63) is 42.0 Å². The molecular formula is C31H41BN4O8. The van der Waals surface area contributed by atoms with Crippen LogP contribution in [0.3, 0.4) is 0 Å². The molecule has 236 valence electrons. The van der Waals surface area contributed by atoms with E-state index in [9.17, 15) is 9.59 Å². The molecule has 1 unspecified atom stereocenters. The van der Waals surface area contributed by atoms with Crippen molar-refractivity contribution in [2.24, 2.45) is 0 Å². The standard InChI is InChI=1S/C31H41BN4O8/c1-18(2)43-32(21-11-13-25-23(17-21)34-27(40-25)35-28(37)41-30(5,6)7)44-20(4)14-15-31(8,9)42-29(38)36-26-33-22-16-19(3)10-12-24(22)39-26/h10-13,16-18,20H,14-15H2,1-9H3,(H,33,36,38)(H,34,35,37). The van der Waals surface area contributed by atoms with Gasteiger partial charge in [-0.3, -0.25) is 0 Å². The number of aryl methyl sites for hydroxylation is 1. The molecule has 1 atom stereocenters. The van der Waals surface area contributed by atoms with E-state index in [0.29, 0.717) is 35.0 Å². The molecule has 0 saturated heterocycles. The molecule has 0 aliphatic rings. The van der Waals surface area contributed by atoms with Crippen molar-refractivity contribution in [1.82, 2.24) is 9.97 Å². The van der Waals surface area contributed by atoms with Crippen molar-refractivity contribution < 1.29 is 37.2 Å². The van der Waals surface area contributed by atoms with E-state index in [2.05, 4.69) is 20.6 Å². The number of aromatic nitrogens is 2. The fraction of sp³-hybridized carbons (Fsp3) is 0.484. The molecule has 0 spiro atoms. The van der Waals surface area contributed by atoms with Crippen LogP contribution in [0.15, 0.2) is 45.2 Å².